The van der Waals surface area contributed by atoms with Crippen LogP contribution in [0.5, 0.6) is 0 Å². The maximum Gasteiger partial charge on any atom is 0.472 e. The van der Waals surface area contributed by atoms with Crippen molar-refractivity contribution >= 4 is 25.7 Å². The lowest BCUT2D eigenvalue weighted by Crippen LogP contribution is -2.30. The van der Waals surface area contributed by atoms with Crippen molar-refractivity contribution in [3.05, 3.63) is 109 Å². The van der Waals surface area contributed by atoms with E-state index in [1.165, 1.54) is 70.6 Å². The number of aliphatic hydroxyl groups is 1. The van der Waals surface area contributed by atoms with Gasteiger partial charge in [0, 0.05) is 19.3 Å². The third-order valence-corrected chi connectivity index (χ3v) is 13.2. The maximum atomic E-state index is 12.9. The lowest BCUT2D eigenvalue weighted by molar-refractivity contribution is -0.161. The number of phosphoric ester groups is 1. The second-order valence-corrected chi connectivity index (χ2v) is 20.9. The van der Waals surface area contributed by atoms with Crippen LogP contribution in [0.2, 0.25) is 0 Å². The molecule has 3 atom stereocenters. The van der Waals surface area contributed by atoms with Gasteiger partial charge in [0.1, 0.15) is 12.7 Å². The quantitative estimate of drug-likeness (QED) is 0.0197. The largest absolute Gasteiger partial charge is 0.472 e. The number of ether oxygens (including phenoxy) is 3. The highest BCUT2D eigenvalue weighted by Crippen LogP contribution is 2.43. The third kappa shape index (κ3) is 54.9. The van der Waals surface area contributed by atoms with Crippen LogP contribution in [-0.2, 0) is 42.2 Å². The Hall–Kier alpha value is -3.86. The van der Waals surface area contributed by atoms with Crippen LogP contribution in [0.1, 0.15) is 239 Å². The molecule has 0 aromatic carbocycles. The first-order chi connectivity index (χ1) is 37.2. The molecule has 12 heteroatoms. The van der Waals surface area contributed by atoms with Crippen LogP contribution in [0.25, 0.3) is 0 Å². The number of hydrogen-bond acceptors (Lipinski definition) is 10. The fraction of sp³-hybridized carbons (Fsp3) is 0.672. The van der Waals surface area contributed by atoms with E-state index in [0.717, 1.165) is 103 Å². The monoisotopic (exact) mass is 1080 g/mol. The fourth-order valence-electron chi connectivity index (χ4n) is 7.75. The lowest BCUT2D eigenvalue weighted by Gasteiger charge is -2.21. The lowest BCUT2D eigenvalue weighted by atomic mass is 10.0. The average Bonchev–Trinajstić information content (AvgIpc) is 3.41. The minimum Gasteiger partial charge on any atom is -0.462 e. The van der Waals surface area contributed by atoms with E-state index >= 15 is 0 Å². The van der Waals surface area contributed by atoms with Gasteiger partial charge < -0.3 is 24.2 Å². The molecule has 0 aliphatic rings. The molecule has 0 aliphatic carbocycles. The van der Waals surface area contributed by atoms with E-state index in [-0.39, 0.29) is 25.9 Å². The summed E-state index contributed by atoms with van der Waals surface area (Å²) in [6.45, 7) is 4.32. The summed E-state index contributed by atoms with van der Waals surface area (Å²) in [5.74, 6) is -1.59. The van der Waals surface area contributed by atoms with Crippen LogP contribution < -0.4 is 0 Å². The number of carbonyl (C=O) groups is 3. The first-order valence-electron chi connectivity index (χ1n) is 29.8. The summed E-state index contributed by atoms with van der Waals surface area (Å²) in [6.07, 6.45) is 69.2. The molecule has 0 spiro atoms. The van der Waals surface area contributed by atoms with E-state index in [0.29, 0.717) is 25.7 Å². The van der Waals surface area contributed by atoms with Crippen molar-refractivity contribution in [3.63, 3.8) is 0 Å². The molecule has 2 N–H and O–H groups in total. The summed E-state index contributed by atoms with van der Waals surface area (Å²) >= 11 is 0. The normalized spacial score (nSPS) is 14.1. The van der Waals surface area contributed by atoms with E-state index in [4.69, 9.17) is 23.3 Å². The van der Waals surface area contributed by atoms with Gasteiger partial charge in [0.15, 0.2) is 6.10 Å². The van der Waals surface area contributed by atoms with Crippen molar-refractivity contribution in [2.24, 2.45) is 0 Å². The topological polar surface area (TPSA) is 155 Å². The Kier molecular flexibility index (Phi) is 54.4. The molecule has 11 nitrogen and oxygen atoms in total. The zero-order valence-electron chi connectivity index (χ0n) is 47.9. The standard InChI is InChI=1S/C64H107O11P/c1-4-7-10-13-16-19-22-25-28-29-30-31-34-37-40-43-46-49-52-55-64(68)75-61(57-71-62(66)53-50-47-44-41-38-35-32-26-23-20-17-14-11-8-5-2)59-73-76(69,70)72-58-60(56-65)74-63(67)54-51-48-45-42-39-36-33-27-24-21-18-15-12-9-6-3/h7-8,10-11,16-17,19-20,25-26,28,30-32,37,40,46,49,60-61,65H,4-6,9,12-15,18,21-24,27,29,33-36,38-39,41-45,47-48,50-59H2,1-3H3,(H,69,70)/b10-7-,11-8-,19-16-,20-17-,28-25-,31-30-,32-26-,40-37-,49-46-. The van der Waals surface area contributed by atoms with Gasteiger partial charge in [0.25, 0.3) is 0 Å². The summed E-state index contributed by atoms with van der Waals surface area (Å²) in [4.78, 5) is 48.6. The Labute approximate surface area is 463 Å². The molecule has 0 aromatic rings. The third-order valence-electron chi connectivity index (χ3n) is 12.2. The fourth-order valence-corrected chi connectivity index (χ4v) is 8.53. The van der Waals surface area contributed by atoms with Crippen molar-refractivity contribution in [1.82, 2.24) is 0 Å². The molecule has 3 unspecified atom stereocenters. The summed E-state index contributed by atoms with van der Waals surface area (Å²) in [5.41, 5.74) is 0. The van der Waals surface area contributed by atoms with Crippen LogP contribution in [0, 0.1) is 0 Å². The molecule has 76 heavy (non-hydrogen) atoms. The van der Waals surface area contributed by atoms with Gasteiger partial charge in [-0.3, -0.25) is 23.4 Å². The molecule has 434 valence electrons. The van der Waals surface area contributed by atoms with E-state index in [1.54, 1.807) is 0 Å². The number of hydrogen-bond donors (Lipinski definition) is 2. The van der Waals surface area contributed by atoms with Crippen molar-refractivity contribution < 1.29 is 52.2 Å². The average molecular weight is 1080 g/mol. The van der Waals surface area contributed by atoms with Crippen molar-refractivity contribution in [1.29, 1.82) is 0 Å². The predicted molar refractivity (Wildman–Crippen MR) is 316 cm³/mol. The molecule has 0 aromatic heterocycles. The second kappa shape index (κ2) is 57.3. The molecule has 0 saturated carbocycles. The molecule has 0 bridgehead atoms. The number of allylic oxidation sites excluding steroid dienone is 18. The van der Waals surface area contributed by atoms with Gasteiger partial charge >= 0.3 is 25.7 Å². The number of unbranched alkanes of at least 4 members (excludes halogenated alkanes) is 19. The molecule has 0 radical (unpaired) electrons. The zero-order chi connectivity index (χ0) is 55.5. The Morgan fingerprint density at radius 2 is 0.711 bits per heavy atom. The number of phosphoric acid groups is 1. The second-order valence-electron chi connectivity index (χ2n) is 19.4. The molecule has 0 aliphatic heterocycles. The maximum absolute atomic E-state index is 12.9. The Bertz CT molecular complexity index is 1690. The SMILES string of the molecule is CC/C=C\C/C=C\C/C=C\C/C=C\C/C=C\C/C=C\CCC(=O)OC(COC(=O)CCCCCCC/C=C\C/C=C\C/C=C\CC)COP(=O)(O)OCC(CO)OC(=O)CCCCCCCCCCCCCCCCC. The Morgan fingerprint density at radius 1 is 0.382 bits per heavy atom. The van der Waals surface area contributed by atoms with E-state index in [2.05, 4.69) is 118 Å². The van der Waals surface area contributed by atoms with Gasteiger partial charge in [-0.2, -0.15) is 0 Å². The van der Waals surface area contributed by atoms with Crippen LogP contribution in [0.15, 0.2) is 109 Å². The van der Waals surface area contributed by atoms with E-state index in [1.807, 2.05) is 12.2 Å². The highest BCUT2D eigenvalue weighted by atomic mass is 31.2. The highest BCUT2D eigenvalue weighted by Gasteiger charge is 2.28. The van der Waals surface area contributed by atoms with Crippen LogP contribution in [0.4, 0.5) is 0 Å². The molecule has 0 fully saturated rings. The predicted octanol–water partition coefficient (Wildman–Crippen LogP) is 17.8. The zero-order valence-corrected chi connectivity index (χ0v) is 48.8. The minimum absolute atomic E-state index is 0.0344. The van der Waals surface area contributed by atoms with E-state index in [9.17, 15) is 28.9 Å². The van der Waals surface area contributed by atoms with Crippen LogP contribution >= 0.6 is 7.82 Å². The number of esters is 3. The summed E-state index contributed by atoms with van der Waals surface area (Å²) < 4.78 is 39.5. The molecular weight excluding hydrogens is 976 g/mol. The number of rotatable bonds is 54. The smallest absolute Gasteiger partial charge is 0.462 e. The molecular formula is C64H107O11P. The van der Waals surface area contributed by atoms with Crippen LogP contribution in [0.3, 0.4) is 0 Å². The van der Waals surface area contributed by atoms with Gasteiger partial charge in [-0.25, -0.2) is 4.57 Å². The molecule has 0 amide bonds. The number of aliphatic hydroxyl groups excluding tert-OH is 1. The van der Waals surface area contributed by atoms with Crippen LogP contribution in [-0.4, -0.2) is 66.5 Å². The molecule has 0 rings (SSSR count). The van der Waals surface area contributed by atoms with Gasteiger partial charge in [-0.05, 0) is 89.9 Å². The van der Waals surface area contributed by atoms with Gasteiger partial charge in [0.2, 0.25) is 0 Å². The van der Waals surface area contributed by atoms with Gasteiger partial charge in [-0.1, -0.05) is 239 Å². The molecule has 0 saturated heterocycles. The number of carbonyl (C=O) groups excluding carboxylic acids is 3. The summed E-state index contributed by atoms with van der Waals surface area (Å²) in [7, 11) is -4.78. The van der Waals surface area contributed by atoms with Gasteiger partial charge in [0.05, 0.1) is 19.8 Å². The first-order valence-corrected chi connectivity index (χ1v) is 31.3. The van der Waals surface area contributed by atoms with Crippen molar-refractivity contribution in [2.45, 2.75) is 251 Å². The molecule has 0 heterocycles. The first kappa shape index (κ1) is 72.1. The van der Waals surface area contributed by atoms with Gasteiger partial charge in [-0.15, -0.1) is 0 Å². The highest BCUT2D eigenvalue weighted by molar-refractivity contribution is 7.47. The summed E-state index contributed by atoms with van der Waals surface area (Å²) in [5, 5.41) is 9.83. The van der Waals surface area contributed by atoms with Crippen molar-refractivity contribution in [2.75, 3.05) is 26.4 Å². The summed E-state index contributed by atoms with van der Waals surface area (Å²) in [6, 6.07) is 0. The van der Waals surface area contributed by atoms with E-state index < -0.39 is 57.8 Å². The Balaban J connectivity index is 4.85. The van der Waals surface area contributed by atoms with Crippen molar-refractivity contribution in [3.8, 4) is 0 Å². The Morgan fingerprint density at radius 3 is 1.13 bits per heavy atom. The minimum atomic E-state index is -4.78.